The molecule has 2 aliphatic rings. The number of anilines is 2. The molecule has 0 spiro atoms. The van der Waals surface area contributed by atoms with Crippen molar-refractivity contribution in [2.24, 2.45) is 11.3 Å². The molecule has 138 valence electrons. The molecule has 25 heavy (non-hydrogen) atoms. The highest BCUT2D eigenvalue weighted by Gasteiger charge is 2.46. The second-order valence-electron chi connectivity index (χ2n) is 7.38. The van der Waals surface area contributed by atoms with Gasteiger partial charge in [0.25, 0.3) is 0 Å². The summed E-state index contributed by atoms with van der Waals surface area (Å²) < 4.78 is 5.31. The van der Waals surface area contributed by atoms with Crippen molar-refractivity contribution in [3.63, 3.8) is 0 Å². The predicted octanol–water partition coefficient (Wildman–Crippen LogP) is 1.60. The zero-order chi connectivity index (χ0) is 17.9. The molecule has 7 heteroatoms. The lowest BCUT2D eigenvalue weighted by molar-refractivity contribution is -0.141. The highest BCUT2D eigenvalue weighted by atomic mass is 16.5. The lowest BCUT2D eigenvalue weighted by Crippen LogP contribution is -2.53. The van der Waals surface area contributed by atoms with Crippen LogP contribution in [0.5, 0.6) is 0 Å². The van der Waals surface area contributed by atoms with Crippen molar-refractivity contribution >= 4 is 17.7 Å². The van der Waals surface area contributed by atoms with Crippen LogP contribution in [0.25, 0.3) is 0 Å². The minimum atomic E-state index is -0.327. The van der Waals surface area contributed by atoms with Gasteiger partial charge in [-0.2, -0.15) is 4.98 Å². The number of hydrogen-bond donors (Lipinski definition) is 2. The van der Waals surface area contributed by atoms with Crippen molar-refractivity contribution in [1.82, 2.24) is 15.3 Å². The van der Waals surface area contributed by atoms with Gasteiger partial charge in [0.1, 0.15) is 5.82 Å². The van der Waals surface area contributed by atoms with E-state index in [1.807, 2.05) is 0 Å². The van der Waals surface area contributed by atoms with Crippen LogP contribution in [-0.2, 0) is 9.53 Å². The second-order valence-corrected chi connectivity index (χ2v) is 7.38. The van der Waals surface area contributed by atoms with Gasteiger partial charge in [0.2, 0.25) is 11.9 Å². The first kappa shape index (κ1) is 17.9. The molecule has 1 saturated carbocycles. The third kappa shape index (κ3) is 3.71. The molecule has 0 aromatic carbocycles. The molecule has 0 unspecified atom stereocenters. The van der Waals surface area contributed by atoms with E-state index in [-0.39, 0.29) is 17.4 Å². The van der Waals surface area contributed by atoms with Gasteiger partial charge in [-0.1, -0.05) is 19.8 Å². The molecule has 3 rings (SSSR count). The van der Waals surface area contributed by atoms with Crippen LogP contribution in [0.4, 0.5) is 11.8 Å². The summed E-state index contributed by atoms with van der Waals surface area (Å²) >= 11 is 0. The number of carbonyl (C=O) groups is 1. The van der Waals surface area contributed by atoms with Crippen LogP contribution in [0, 0.1) is 11.3 Å². The number of amides is 1. The van der Waals surface area contributed by atoms with Crippen LogP contribution in [-0.4, -0.2) is 48.7 Å². The monoisotopic (exact) mass is 347 g/mol. The van der Waals surface area contributed by atoms with E-state index < -0.39 is 0 Å². The van der Waals surface area contributed by atoms with Gasteiger partial charge in [-0.05, 0) is 31.2 Å². The lowest BCUT2D eigenvalue weighted by atomic mass is 9.68. The van der Waals surface area contributed by atoms with Crippen molar-refractivity contribution < 1.29 is 9.53 Å². The maximum Gasteiger partial charge on any atom is 0.228 e. The zero-order valence-electron chi connectivity index (χ0n) is 15.2. The maximum atomic E-state index is 12.9. The Morgan fingerprint density at radius 1 is 1.48 bits per heavy atom. The minimum absolute atomic E-state index is 0.117. The van der Waals surface area contributed by atoms with Crippen LogP contribution in [0.15, 0.2) is 12.3 Å². The Bertz CT molecular complexity index is 605. The van der Waals surface area contributed by atoms with Gasteiger partial charge in [0.15, 0.2) is 0 Å². The predicted molar refractivity (Wildman–Crippen MR) is 97.1 cm³/mol. The van der Waals surface area contributed by atoms with Gasteiger partial charge in [0, 0.05) is 26.4 Å². The number of nitrogens with two attached hydrogens (primary N) is 1. The van der Waals surface area contributed by atoms with Gasteiger partial charge in [-0.25, -0.2) is 4.98 Å². The maximum absolute atomic E-state index is 12.9. The molecule has 2 atom stereocenters. The Labute approximate surface area is 149 Å². The summed E-state index contributed by atoms with van der Waals surface area (Å²) in [5.41, 5.74) is 5.46. The largest absolute Gasteiger partial charge is 0.384 e. The summed E-state index contributed by atoms with van der Waals surface area (Å²) in [6.45, 7) is 4.26. The number of ether oxygens (including phenoxy) is 1. The first-order chi connectivity index (χ1) is 12.1. The molecule has 0 bridgehead atoms. The summed E-state index contributed by atoms with van der Waals surface area (Å²) in [7, 11) is 1.67. The fraction of sp³-hybridized carbons (Fsp3) is 0.722. The highest BCUT2D eigenvalue weighted by Crippen LogP contribution is 2.41. The Hall–Kier alpha value is -1.89. The van der Waals surface area contributed by atoms with E-state index in [1.165, 1.54) is 0 Å². The standard InChI is InChI=1S/C18H29N5O2/c1-3-5-13-10-23(17-20-9-6-15(19)22-17)11-14(13)21-16(24)18(12-25-2)7-4-8-18/h6,9,13-14H,3-5,7-8,10-12H2,1-2H3,(H,21,24)(H2,19,20,22)/t13-,14-/m1/s1. The van der Waals surface area contributed by atoms with Gasteiger partial charge in [0.05, 0.1) is 18.1 Å². The smallest absolute Gasteiger partial charge is 0.228 e. The first-order valence-electron chi connectivity index (χ1n) is 9.21. The Morgan fingerprint density at radius 3 is 2.88 bits per heavy atom. The van der Waals surface area contributed by atoms with E-state index in [1.54, 1.807) is 19.4 Å². The zero-order valence-corrected chi connectivity index (χ0v) is 15.2. The number of nitrogen functional groups attached to an aromatic ring is 1. The van der Waals surface area contributed by atoms with Crippen molar-refractivity contribution in [3.8, 4) is 0 Å². The van der Waals surface area contributed by atoms with Gasteiger partial charge >= 0.3 is 0 Å². The number of nitrogens with one attached hydrogen (secondary N) is 1. The van der Waals surface area contributed by atoms with E-state index in [4.69, 9.17) is 10.5 Å². The van der Waals surface area contributed by atoms with Crippen LogP contribution >= 0.6 is 0 Å². The van der Waals surface area contributed by atoms with Crippen molar-refractivity contribution in [1.29, 1.82) is 0 Å². The molecular weight excluding hydrogens is 318 g/mol. The molecule has 1 aliphatic carbocycles. The van der Waals surface area contributed by atoms with E-state index in [0.717, 1.165) is 45.2 Å². The minimum Gasteiger partial charge on any atom is -0.384 e. The molecule has 2 heterocycles. The SMILES string of the molecule is CCC[C@@H]1CN(c2nccc(N)n2)C[C@H]1NC(=O)C1(COC)CCC1. The number of nitrogens with zero attached hydrogens (tertiary/aromatic N) is 3. The molecule has 3 N–H and O–H groups in total. The molecule has 0 radical (unpaired) electrons. The third-order valence-corrected chi connectivity index (χ3v) is 5.58. The topological polar surface area (TPSA) is 93.4 Å². The Morgan fingerprint density at radius 2 is 2.28 bits per heavy atom. The molecule has 2 fully saturated rings. The fourth-order valence-corrected chi connectivity index (χ4v) is 4.01. The molecule has 1 saturated heterocycles. The summed E-state index contributed by atoms with van der Waals surface area (Å²) in [6, 6.07) is 1.81. The van der Waals surface area contributed by atoms with Crippen LogP contribution < -0.4 is 16.0 Å². The van der Waals surface area contributed by atoms with Crippen molar-refractivity contribution in [2.45, 2.75) is 45.1 Å². The number of rotatable bonds is 7. The van der Waals surface area contributed by atoms with E-state index >= 15 is 0 Å². The molecular formula is C18H29N5O2. The average molecular weight is 347 g/mol. The molecule has 1 aromatic rings. The highest BCUT2D eigenvalue weighted by molar-refractivity contribution is 5.84. The number of hydrogen-bond acceptors (Lipinski definition) is 6. The molecule has 7 nitrogen and oxygen atoms in total. The normalized spacial score (nSPS) is 24.8. The summed E-state index contributed by atoms with van der Waals surface area (Å²) in [5.74, 6) is 1.66. The fourth-order valence-electron chi connectivity index (χ4n) is 4.01. The molecule has 1 amide bonds. The lowest BCUT2D eigenvalue weighted by Gasteiger charge is -2.40. The van der Waals surface area contributed by atoms with Gasteiger partial charge in [-0.15, -0.1) is 0 Å². The molecule has 1 aliphatic heterocycles. The summed E-state index contributed by atoms with van der Waals surface area (Å²) in [6.07, 6.45) is 6.77. The molecule has 1 aromatic heterocycles. The number of aromatic nitrogens is 2. The van der Waals surface area contributed by atoms with Crippen LogP contribution in [0.3, 0.4) is 0 Å². The van der Waals surface area contributed by atoms with Crippen molar-refractivity contribution in [3.05, 3.63) is 12.3 Å². The average Bonchev–Trinajstić information content (AvgIpc) is 2.94. The summed E-state index contributed by atoms with van der Waals surface area (Å²) in [5, 5.41) is 3.31. The van der Waals surface area contributed by atoms with E-state index in [9.17, 15) is 4.79 Å². The summed E-state index contributed by atoms with van der Waals surface area (Å²) in [4.78, 5) is 23.7. The second kappa shape index (κ2) is 7.56. The van der Waals surface area contributed by atoms with E-state index in [0.29, 0.717) is 24.3 Å². The number of carbonyl (C=O) groups excluding carboxylic acids is 1. The van der Waals surface area contributed by atoms with Crippen LogP contribution in [0.1, 0.15) is 39.0 Å². The third-order valence-electron chi connectivity index (χ3n) is 5.58. The number of methoxy groups -OCH3 is 1. The Balaban J connectivity index is 1.69. The van der Waals surface area contributed by atoms with Gasteiger partial charge in [-0.3, -0.25) is 4.79 Å². The van der Waals surface area contributed by atoms with Crippen molar-refractivity contribution in [2.75, 3.05) is 37.4 Å². The van der Waals surface area contributed by atoms with Crippen LogP contribution in [0.2, 0.25) is 0 Å². The Kier molecular flexibility index (Phi) is 5.42. The van der Waals surface area contributed by atoms with Gasteiger partial charge < -0.3 is 20.7 Å². The first-order valence-corrected chi connectivity index (χ1v) is 9.21. The van der Waals surface area contributed by atoms with E-state index in [2.05, 4.69) is 27.1 Å². The quantitative estimate of drug-likeness (QED) is 0.778.